The number of piperidine rings is 1. The van der Waals surface area contributed by atoms with Gasteiger partial charge in [0.05, 0.1) is 5.69 Å². The zero-order chi connectivity index (χ0) is 17.1. The van der Waals surface area contributed by atoms with Crippen molar-refractivity contribution < 1.29 is 4.79 Å². The van der Waals surface area contributed by atoms with Crippen molar-refractivity contribution in [2.45, 2.75) is 33.2 Å². The number of amides is 1. The average Bonchev–Trinajstić information content (AvgIpc) is 2.89. The van der Waals surface area contributed by atoms with Crippen LogP contribution in [0.5, 0.6) is 0 Å². The van der Waals surface area contributed by atoms with Crippen LogP contribution in [0, 0.1) is 12.8 Å². The van der Waals surface area contributed by atoms with E-state index in [-0.39, 0.29) is 5.91 Å². The van der Waals surface area contributed by atoms with E-state index in [0.29, 0.717) is 10.7 Å². The number of likely N-dealkylation sites (tertiary alicyclic amines) is 1. The lowest BCUT2D eigenvalue weighted by Crippen LogP contribution is -2.32. The number of halogens is 1. The minimum Gasteiger partial charge on any atom is -0.298 e. The van der Waals surface area contributed by atoms with Gasteiger partial charge in [0.15, 0.2) is 5.13 Å². The van der Waals surface area contributed by atoms with E-state index in [9.17, 15) is 4.79 Å². The van der Waals surface area contributed by atoms with Crippen LogP contribution in [-0.4, -0.2) is 28.9 Å². The molecule has 0 spiro atoms. The van der Waals surface area contributed by atoms with Gasteiger partial charge >= 0.3 is 0 Å². The first kappa shape index (κ1) is 17.6. The first-order valence-electron chi connectivity index (χ1n) is 8.27. The average molecular weight is 408 g/mol. The van der Waals surface area contributed by atoms with Crippen LogP contribution in [0.15, 0.2) is 28.7 Å². The number of carbonyl (C=O) groups excluding carboxylic acids is 1. The van der Waals surface area contributed by atoms with Crippen molar-refractivity contribution in [3.05, 3.63) is 44.9 Å². The third-order valence-corrected chi connectivity index (χ3v) is 6.05. The van der Waals surface area contributed by atoms with Gasteiger partial charge in [0, 0.05) is 21.5 Å². The molecule has 24 heavy (non-hydrogen) atoms. The predicted octanol–water partition coefficient (Wildman–Crippen LogP) is 4.70. The SMILES string of the molecule is Cc1nc(NC(=O)c2ccc(Br)cc2)sc1CN1CCC(C)CC1. The number of hydrogen-bond acceptors (Lipinski definition) is 4. The molecule has 0 unspecified atom stereocenters. The standard InChI is InChI=1S/C18H22BrN3OS/c1-12-7-9-22(10-8-12)11-16-13(2)20-18(24-16)21-17(23)14-3-5-15(19)6-4-14/h3-6,12H,7-11H2,1-2H3,(H,20,21,23). The molecule has 128 valence electrons. The molecule has 1 fully saturated rings. The number of hydrogen-bond donors (Lipinski definition) is 1. The molecule has 2 aromatic rings. The maximum atomic E-state index is 12.3. The Morgan fingerprint density at radius 3 is 2.67 bits per heavy atom. The molecule has 4 nitrogen and oxygen atoms in total. The van der Waals surface area contributed by atoms with Gasteiger partial charge in [0.2, 0.25) is 0 Å². The molecule has 1 aliphatic rings. The van der Waals surface area contributed by atoms with Crippen molar-refractivity contribution >= 4 is 38.3 Å². The van der Waals surface area contributed by atoms with Crippen molar-refractivity contribution in [3.8, 4) is 0 Å². The number of anilines is 1. The smallest absolute Gasteiger partial charge is 0.257 e. The Morgan fingerprint density at radius 2 is 2.00 bits per heavy atom. The van der Waals surface area contributed by atoms with E-state index in [0.717, 1.165) is 35.7 Å². The molecule has 6 heteroatoms. The summed E-state index contributed by atoms with van der Waals surface area (Å²) in [7, 11) is 0. The van der Waals surface area contributed by atoms with Crippen LogP contribution in [-0.2, 0) is 6.54 Å². The van der Waals surface area contributed by atoms with Crippen LogP contribution in [0.2, 0.25) is 0 Å². The molecule has 1 aromatic heterocycles. The number of aryl methyl sites for hydroxylation is 1. The van der Waals surface area contributed by atoms with Crippen LogP contribution < -0.4 is 5.32 Å². The van der Waals surface area contributed by atoms with E-state index in [2.05, 4.69) is 38.1 Å². The fourth-order valence-electron chi connectivity index (χ4n) is 2.82. The second-order valence-electron chi connectivity index (χ2n) is 6.45. The second-order valence-corrected chi connectivity index (χ2v) is 8.45. The summed E-state index contributed by atoms with van der Waals surface area (Å²) in [6, 6.07) is 7.33. The summed E-state index contributed by atoms with van der Waals surface area (Å²) in [5, 5.41) is 3.60. The van der Waals surface area contributed by atoms with Gasteiger partial charge in [-0.1, -0.05) is 22.9 Å². The lowest BCUT2D eigenvalue weighted by molar-refractivity contribution is 0.102. The van der Waals surface area contributed by atoms with E-state index in [1.807, 2.05) is 19.1 Å². The summed E-state index contributed by atoms with van der Waals surface area (Å²) in [5.74, 6) is 0.721. The van der Waals surface area contributed by atoms with Crippen LogP contribution >= 0.6 is 27.3 Å². The summed E-state index contributed by atoms with van der Waals surface area (Å²) >= 11 is 4.96. The Balaban J connectivity index is 1.63. The fourth-order valence-corrected chi connectivity index (χ4v) is 4.09. The summed E-state index contributed by atoms with van der Waals surface area (Å²) in [6.45, 7) is 7.58. The zero-order valence-electron chi connectivity index (χ0n) is 14.0. The molecule has 0 atom stereocenters. The fraction of sp³-hybridized carbons (Fsp3) is 0.444. The van der Waals surface area contributed by atoms with Crippen LogP contribution in [0.1, 0.15) is 40.7 Å². The number of aromatic nitrogens is 1. The third kappa shape index (κ3) is 4.43. The van der Waals surface area contributed by atoms with Gasteiger partial charge < -0.3 is 0 Å². The Hall–Kier alpha value is -1.24. The van der Waals surface area contributed by atoms with Gasteiger partial charge in [0.1, 0.15) is 0 Å². The molecule has 2 heterocycles. The molecule has 3 rings (SSSR count). The Labute approximate surface area is 155 Å². The molecule has 0 bridgehead atoms. The summed E-state index contributed by atoms with van der Waals surface area (Å²) in [5.41, 5.74) is 1.65. The van der Waals surface area contributed by atoms with Crippen LogP contribution in [0.4, 0.5) is 5.13 Å². The maximum absolute atomic E-state index is 12.3. The lowest BCUT2D eigenvalue weighted by Gasteiger charge is -2.29. The van der Waals surface area contributed by atoms with Crippen molar-refractivity contribution in [2.75, 3.05) is 18.4 Å². The molecule has 0 saturated carbocycles. The summed E-state index contributed by atoms with van der Waals surface area (Å²) in [4.78, 5) is 20.6. The quantitative estimate of drug-likeness (QED) is 0.798. The normalized spacial score (nSPS) is 16.3. The molecule has 1 saturated heterocycles. The predicted molar refractivity (Wildman–Crippen MR) is 103 cm³/mol. The molecule has 1 aliphatic heterocycles. The number of nitrogens with one attached hydrogen (secondary N) is 1. The summed E-state index contributed by atoms with van der Waals surface area (Å²) < 4.78 is 0.960. The largest absolute Gasteiger partial charge is 0.298 e. The highest BCUT2D eigenvalue weighted by Crippen LogP contribution is 2.26. The van der Waals surface area contributed by atoms with E-state index in [1.54, 1.807) is 23.5 Å². The van der Waals surface area contributed by atoms with E-state index < -0.39 is 0 Å². The highest BCUT2D eigenvalue weighted by atomic mass is 79.9. The molecule has 1 aromatic carbocycles. The molecule has 0 aliphatic carbocycles. The monoisotopic (exact) mass is 407 g/mol. The van der Waals surface area contributed by atoms with Gasteiger partial charge in [0.25, 0.3) is 5.91 Å². The van der Waals surface area contributed by atoms with Gasteiger partial charge in [-0.25, -0.2) is 4.98 Å². The molecule has 1 N–H and O–H groups in total. The molecular weight excluding hydrogens is 386 g/mol. The highest BCUT2D eigenvalue weighted by molar-refractivity contribution is 9.10. The van der Waals surface area contributed by atoms with Crippen molar-refractivity contribution in [1.82, 2.24) is 9.88 Å². The number of rotatable bonds is 4. The highest BCUT2D eigenvalue weighted by Gasteiger charge is 2.18. The molecular formula is C18H22BrN3OS. The molecule has 1 amide bonds. The lowest BCUT2D eigenvalue weighted by atomic mass is 9.99. The number of nitrogens with zero attached hydrogens (tertiary/aromatic N) is 2. The van der Waals surface area contributed by atoms with Crippen molar-refractivity contribution in [2.24, 2.45) is 5.92 Å². The van der Waals surface area contributed by atoms with Gasteiger partial charge in [-0.05, 0) is 63.0 Å². The van der Waals surface area contributed by atoms with Gasteiger partial charge in [-0.3, -0.25) is 15.0 Å². The Bertz CT molecular complexity index is 706. The Kier molecular flexibility index (Phi) is 5.69. The van der Waals surface area contributed by atoms with Crippen molar-refractivity contribution in [3.63, 3.8) is 0 Å². The van der Waals surface area contributed by atoms with E-state index >= 15 is 0 Å². The van der Waals surface area contributed by atoms with Gasteiger partial charge in [-0.15, -0.1) is 11.3 Å². The molecule has 0 radical (unpaired) electrons. The first-order chi connectivity index (χ1) is 11.5. The number of thiazole rings is 1. The van der Waals surface area contributed by atoms with E-state index in [4.69, 9.17) is 0 Å². The first-order valence-corrected chi connectivity index (χ1v) is 9.88. The van der Waals surface area contributed by atoms with Crippen molar-refractivity contribution in [1.29, 1.82) is 0 Å². The number of benzene rings is 1. The van der Waals surface area contributed by atoms with E-state index in [1.165, 1.54) is 17.7 Å². The topological polar surface area (TPSA) is 45.2 Å². The van der Waals surface area contributed by atoms with Crippen LogP contribution in [0.3, 0.4) is 0 Å². The van der Waals surface area contributed by atoms with Crippen LogP contribution in [0.25, 0.3) is 0 Å². The third-order valence-electron chi connectivity index (χ3n) is 4.46. The maximum Gasteiger partial charge on any atom is 0.257 e. The van der Waals surface area contributed by atoms with Gasteiger partial charge in [-0.2, -0.15) is 0 Å². The second kappa shape index (κ2) is 7.76. The number of carbonyl (C=O) groups is 1. The minimum atomic E-state index is -0.116. The minimum absolute atomic E-state index is 0.116. The zero-order valence-corrected chi connectivity index (χ0v) is 16.4. The summed E-state index contributed by atoms with van der Waals surface area (Å²) in [6.07, 6.45) is 2.54. The Morgan fingerprint density at radius 1 is 1.33 bits per heavy atom.